The maximum Gasteiger partial charge on any atom is 0.253 e. The Kier molecular flexibility index (Phi) is 5.62. The Balaban J connectivity index is 1.49. The van der Waals surface area contributed by atoms with E-state index in [1.165, 1.54) is 25.1 Å². The Hall–Kier alpha value is -2.88. The Bertz CT molecular complexity index is 1030. The first-order chi connectivity index (χ1) is 15.6. The van der Waals surface area contributed by atoms with Crippen LogP contribution in [0.15, 0.2) is 73.1 Å². The summed E-state index contributed by atoms with van der Waals surface area (Å²) >= 11 is 0. The maximum atomic E-state index is 13.3. The van der Waals surface area contributed by atoms with Crippen molar-refractivity contribution in [2.24, 2.45) is 17.6 Å². The summed E-state index contributed by atoms with van der Waals surface area (Å²) < 4.78 is 4.87. The van der Waals surface area contributed by atoms with E-state index < -0.39 is 5.41 Å². The number of carbonyl (C=O) groups is 1. The van der Waals surface area contributed by atoms with E-state index in [0.717, 1.165) is 42.9 Å². The number of primary amides is 1. The zero-order chi connectivity index (χ0) is 22.1. The number of hydrogen-bond donors (Lipinski definition) is 1. The van der Waals surface area contributed by atoms with E-state index >= 15 is 0 Å². The van der Waals surface area contributed by atoms with E-state index in [4.69, 9.17) is 5.73 Å². The first-order valence-corrected chi connectivity index (χ1v) is 12.1. The van der Waals surface area contributed by atoms with Crippen LogP contribution in [0.25, 0.3) is 0 Å². The molecule has 166 valence electrons. The SMILES string of the molecule is Cc1n([C@@H]2CC[C@H](C(C(N)=O)(c3ccccc3)c3ccccc3)C2)cc[n+]1CC1CCC1. The minimum absolute atomic E-state index is 0.164. The van der Waals surface area contributed by atoms with Gasteiger partial charge in [0.15, 0.2) is 0 Å². The van der Waals surface area contributed by atoms with E-state index in [1.54, 1.807) is 0 Å². The Morgan fingerprint density at radius 1 is 1.00 bits per heavy atom. The highest BCUT2D eigenvalue weighted by Gasteiger charge is 2.51. The van der Waals surface area contributed by atoms with E-state index in [1.807, 2.05) is 36.4 Å². The molecule has 2 aromatic carbocycles. The second-order valence-electron chi connectivity index (χ2n) is 9.77. The molecule has 5 rings (SSSR count). The van der Waals surface area contributed by atoms with Gasteiger partial charge >= 0.3 is 0 Å². The predicted molar refractivity (Wildman–Crippen MR) is 126 cm³/mol. The molecular formula is C28H34N3O+. The lowest BCUT2D eigenvalue weighted by Crippen LogP contribution is -2.47. The Morgan fingerprint density at radius 2 is 1.62 bits per heavy atom. The van der Waals surface area contributed by atoms with Crippen molar-refractivity contribution in [2.75, 3.05) is 0 Å². The number of benzene rings is 2. The lowest BCUT2D eigenvalue weighted by Gasteiger charge is -2.37. The first-order valence-electron chi connectivity index (χ1n) is 12.1. The first kappa shape index (κ1) is 21.0. The summed E-state index contributed by atoms with van der Waals surface area (Å²) in [5.41, 5.74) is 7.47. The molecular weight excluding hydrogens is 394 g/mol. The molecule has 32 heavy (non-hydrogen) atoms. The average Bonchev–Trinajstić information content (AvgIpc) is 3.40. The molecule has 2 fully saturated rings. The summed E-state index contributed by atoms with van der Waals surface area (Å²) in [6.45, 7) is 3.37. The summed E-state index contributed by atoms with van der Waals surface area (Å²) in [6, 6.07) is 20.7. The molecule has 0 unspecified atom stereocenters. The largest absolute Gasteiger partial charge is 0.369 e. The predicted octanol–water partition coefficient (Wildman–Crippen LogP) is 4.70. The van der Waals surface area contributed by atoms with Crippen molar-refractivity contribution < 1.29 is 9.36 Å². The average molecular weight is 429 g/mol. The highest BCUT2D eigenvalue weighted by Crippen LogP contribution is 2.50. The molecule has 4 nitrogen and oxygen atoms in total. The summed E-state index contributed by atoms with van der Waals surface area (Å²) in [7, 11) is 0. The van der Waals surface area contributed by atoms with Crippen molar-refractivity contribution in [2.45, 2.75) is 63.5 Å². The van der Waals surface area contributed by atoms with Gasteiger partial charge in [-0.05, 0) is 55.1 Å². The normalized spacial score (nSPS) is 21.4. The monoisotopic (exact) mass is 428 g/mol. The number of hydrogen-bond acceptors (Lipinski definition) is 1. The fourth-order valence-corrected chi connectivity index (χ4v) is 6.18. The Labute approximate surface area is 191 Å². The van der Waals surface area contributed by atoms with Crippen LogP contribution in [-0.4, -0.2) is 10.5 Å². The van der Waals surface area contributed by atoms with E-state index in [0.29, 0.717) is 6.04 Å². The molecule has 3 aromatic rings. The van der Waals surface area contributed by atoms with Crippen LogP contribution in [-0.2, 0) is 16.8 Å². The van der Waals surface area contributed by atoms with Gasteiger partial charge in [-0.3, -0.25) is 4.79 Å². The van der Waals surface area contributed by atoms with Gasteiger partial charge in [-0.1, -0.05) is 67.1 Å². The molecule has 2 aliphatic carbocycles. The van der Waals surface area contributed by atoms with Crippen molar-refractivity contribution in [1.82, 2.24) is 4.57 Å². The van der Waals surface area contributed by atoms with Gasteiger partial charge in [0.2, 0.25) is 5.91 Å². The second kappa shape index (κ2) is 8.57. The van der Waals surface area contributed by atoms with E-state index in [2.05, 4.69) is 52.7 Å². The van der Waals surface area contributed by atoms with Gasteiger partial charge in [0.05, 0.1) is 6.54 Å². The zero-order valence-corrected chi connectivity index (χ0v) is 19.0. The summed E-state index contributed by atoms with van der Waals surface area (Å²) in [5.74, 6) is 2.08. The molecule has 0 saturated heterocycles. The third-order valence-corrected chi connectivity index (χ3v) is 8.13. The van der Waals surface area contributed by atoms with Crippen LogP contribution in [0.1, 0.15) is 61.5 Å². The number of carbonyl (C=O) groups excluding carboxylic acids is 1. The van der Waals surface area contributed by atoms with Crippen molar-refractivity contribution in [3.8, 4) is 0 Å². The Morgan fingerprint density at radius 3 is 2.16 bits per heavy atom. The molecule has 4 heteroatoms. The van der Waals surface area contributed by atoms with Crippen molar-refractivity contribution in [1.29, 1.82) is 0 Å². The minimum Gasteiger partial charge on any atom is -0.369 e. The number of amides is 1. The molecule has 0 bridgehead atoms. The summed E-state index contributed by atoms with van der Waals surface area (Å²) in [5, 5.41) is 0. The highest BCUT2D eigenvalue weighted by atomic mass is 16.1. The van der Waals surface area contributed by atoms with Crippen LogP contribution in [0.5, 0.6) is 0 Å². The van der Waals surface area contributed by atoms with Crippen LogP contribution in [0.4, 0.5) is 0 Å². The molecule has 2 aliphatic rings. The molecule has 2 atom stereocenters. The van der Waals surface area contributed by atoms with E-state index in [9.17, 15) is 4.79 Å². The van der Waals surface area contributed by atoms with Gasteiger partial charge in [0, 0.05) is 6.92 Å². The molecule has 2 saturated carbocycles. The molecule has 1 amide bonds. The van der Waals surface area contributed by atoms with Crippen LogP contribution >= 0.6 is 0 Å². The van der Waals surface area contributed by atoms with Gasteiger partial charge in [0.1, 0.15) is 23.9 Å². The second-order valence-corrected chi connectivity index (χ2v) is 9.77. The quantitative estimate of drug-likeness (QED) is 0.545. The standard InChI is InChI=1S/C28H33N3O/c1-21-30(20-22-9-8-10-22)17-18-31(21)26-16-15-25(19-26)28(27(29)32,23-11-4-2-5-12-23)24-13-6-3-7-14-24/h2-7,11-14,17-18,22,25-26H,8-10,15-16,19-20H2,1H3,(H-,29,32)/p+1/t25-,26+/m0/s1. The third-order valence-electron chi connectivity index (χ3n) is 8.13. The van der Waals surface area contributed by atoms with E-state index in [-0.39, 0.29) is 11.8 Å². The molecule has 0 spiro atoms. The lowest BCUT2D eigenvalue weighted by molar-refractivity contribution is -0.710. The van der Waals surface area contributed by atoms with Gasteiger partial charge < -0.3 is 5.73 Å². The number of imidazole rings is 1. The van der Waals surface area contributed by atoms with Crippen LogP contribution < -0.4 is 10.3 Å². The number of nitrogens with zero attached hydrogens (tertiary/aromatic N) is 2. The van der Waals surface area contributed by atoms with Gasteiger partial charge in [0.25, 0.3) is 5.82 Å². The number of aromatic nitrogens is 2. The third kappa shape index (κ3) is 3.46. The number of nitrogens with two attached hydrogens (primary N) is 1. The lowest BCUT2D eigenvalue weighted by atomic mass is 9.64. The van der Waals surface area contributed by atoms with Crippen molar-refractivity contribution in [3.05, 3.63) is 90.0 Å². The molecule has 0 radical (unpaired) electrons. The highest BCUT2D eigenvalue weighted by molar-refractivity contribution is 5.91. The maximum absolute atomic E-state index is 13.3. The minimum atomic E-state index is -0.805. The molecule has 1 aromatic heterocycles. The van der Waals surface area contributed by atoms with Crippen molar-refractivity contribution in [3.63, 3.8) is 0 Å². The van der Waals surface area contributed by atoms with Crippen LogP contribution in [0.2, 0.25) is 0 Å². The van der Waals surface area contributed by atoms with Gasteiger partial charge in [-0.15, -0.1) is 0 Å². The fraction of sp³-hybridized carbons (Fsp3) is 0.429. The summed E-state index contributed by atoms with van der Waals surface area (Å²) in [6.07, 6.45) is 11.6. The van der Waals surface area contributed by atoms with Crippen LogP contribution in [0.3, 0.4) is 0 Å². The number of rotatable bonds is 7. The molecule has 0 aliphatic heterocycles. The fourth-order valence-electron chi connectivity index (χ4n) is 6.18. The topological polar surface area (TPSA) is 51.9 Å². The molecule has 2 N–H and O–H groups in total. The summed E-state index contributed by atoms with van der Waals surface area (Å²) in [4.78, 5) is 13.3. The van der Waals surface area contributed by atoms with Crippen molar-refractivity contribution >= 4 is 5.91 Å². The van der Waals surface area contributed by atoms with Crippen LogP contribution in [0, 0.1) is 18.8 Å². The zero-order valence-electron chi connectivity index (χ0n) is 19.0. The van der Waals surface area contributed by atoms with Gasteiger partial charge in [-0.2, -0.15) is 0 Å². The molecule has 1 heterocycles. The smallest absolute Gasteiger partial charge is 0.253 e. The van der Waals surface area contributed by atoms with Gasteiger partial charge in [-0.25, -0.2) is 9.13 Å².